The number of esters is 3. The highest BCUT2D eigenvalue weighted by Gasteiger charge is 2.59. The Morgan fingerprint density at radius 3 is 2.31 bits per heavy atom. The van der Waals surface area contributed by atoms with Gasteiger partial charge in [-0.2, -0.15) is 0 Å². The number of carbonyl (C=O) groups is 3. The van der Waals surface area contributed by atoms with Gasteiger partial charge in [-0.15, -0.1) is 0 Å². The summed E-state index contributed by atoms with van der Waals surface area (Å²) in [5, 5.41) is 0. The summed E-state index contributed by atoms with van der Waals surface area (Å²) >= 11 is 0. The predicted molar refractivity (Wildman–Crippen MR) is 96.8 cm³/mol. The molecule has 3 heterocycles. The molecule has 2 unspecified atom stereocenters. The molecule has 0 aromatic rings. The van der Waals surface area contributed by atoms with Crippen LogP contribution in [0.5, 0.6) is 0 Å². The van der Waals surface area contributed by atoms with Crippen LogP contribution >= 0.6 is 0 Å². The summed E-state index contributed by atoms with van der Waals surface area (Å²) in [6.45, 7) is 3.85. The summed E-state index contributed by atoms with van der Waals surface area (Å²) in [5.41, 5.74) is -0.956. The summed E-state index contributed by atoms with van der Waals surface area (Å²) in [6.07, 6.45) is -1.88. The van der Waals surface area contributed by atoms with E-state index in [9.17, 15) is 18.6 Å². The Labute approximate surface area is 170 Å². The Kier molecular flexibility index (Phi) is 6.92. The van der Waals surface area contributed by atoms with Crippen molar-refractivity contribution in [3.05, 3.63) is 0 Å². The molecule has 0 amide bonds. The van der Waals surface area contributed by atoms with E-state index in [1.165, 1.54) is 20.8 Å². The lowest BCUT2D eigenvalue weighted by molar-refractivity contribution is -0.320. The SMILES string of the molecule is CC(=O)OC[C@H]1O[C@@H]2[C@H](OC3(CCCCO3)CS2=O)[C@@H](OC(C)=O)[C@@H]1OC(C)=O. The molecule has 29 heavy (non-hydrogen) atoms. The summed E-state index contributed by atoms with van der Waals surface area (Å²) in [5.74, 6) is -2.77. The van der Waals surface area contributed by atoms with Gasteiger partial charge in [0.25, 0.3) is 0 Å². The van der Waals surface area contributed by atoms with Crippen LogP contribution in [0.4, 0.5) is 0 Å². The fraction of sp³-hybridized carbons (Fsp3) is 0.833. The monoisotopic (exact) mass is 434 g/mol. The lowest BCUT2D eigenvalue weighted by Crippen LogP contribution is -2.68. The minimum Gasteiger partial charge on any atom is -0.463 e. The number of hydrogen-bond donors (Lipinski definition) is 0. The lowest BCUT2D eigenvalue weighted by Gasteiger charge is -2.51. The second kappa shape index (κ2) is 9.07. The van der Waals surface area contributed by atoms with Crippen LogP contribution in [0.3, 0.4) is 0 Å². The molecule has 3 fully saturated rings. The van der Waals surface area contributed by atoms with Crippen LogP contribution in [0.1, 0.15) is 40.0 Å². The minimum absolute atomic E-state index is 0.111. The molecule has 3 saturated heterocycles. The predicted octanol–water partition coefficient (Wildman–Crippen LogP) is 0.182. The Hall–Kier alpha value is -1.56. The Bertz CT molecular complexity index is 674. The number of hydrogen-bond acceptors (Lipinski definition) is 10. The maximum atomic E-state index is 13.0. The van der Waals surface area contributed by atoms with E-state index in [0.29, 0.717) is 13.0 Å². The Morgan fingerprint density at radius 1 is 1.03 bits per heavy atom. The highest BCUT2D eigenvalue weighted by Crippen LogP contribution is 2.40. The van der Waals surface area contributed by atoms with Crippen LogP contribution in [0, 0.1) is 0 Å². The van der Waals surface area contributed by atoms with Crippen molar-refractivity contribution < 1.29 is 47.0 Å². The molecule has 0 radical (unpaired) electrons. The number of fused-ring (bicyclic) bond motifs is 1. The highest BCUT2D eigenvalue weighted by atomic mass is 32.2. The molecule has 0 aliphatic carbocycles. The number of rotatable bonds is 4. The van der Waals surface area contributed by atoms with Crippen LogP contribution in [0.15, 0.2) is 0 Å². The third-order valence-corrected chi connectivity index (χ3v) is 6.56. The molecule has 1 spiro atoms. The maximum Gasteiger partial charge on any atom is 0.303 e. The summed E-state index contributed by atoms with van der Waals surface area (Å²) in [4.78, 5) is 34.7. The van der Waals surface area contributed by atoms with E-state index in [1.54, 1.807) is 0 Å². The van der Waals surface area contributed by atoms with E-state index in [1.807, 2.05) is 0 Å². The van der Waals surface area contributed by atoms with Gasteiger partial charge >= 0.3 is 17.9 Å². The van der Waals surface area contributed by atoms with Gasteiger partial charge in [-0.05, 0) is 12.8 Å². The van der Waals surface area contributed by atoms with Crippen LogP contribution in [-0.4, -0.2) is 76.7 Å². The van der Waals surface area contributed by atoms with Gasteiger partial charge in [0.2, 0.25) is 0 Å². The zero-order chi connectivity index (χ0) is 21.2. The van der Waals surface area contributed by atoms with Crippen molar-refractivity contribution in [3.63, 3.8) is 0 Å². The molecule has 3 aliphatic heterocycles. The van der Waals surface area contributed by atoms with Gasteiger partial charge in [-0.25, -0.2) is 0 Å². The third-order valence-electron chi connectivity index (χ3n) is 4.94. The average molecular weight is 434 g/mol. The fourth-order valence-corrected chi connectivity index (χ4v) is 5.49. The van der Waals surface area contributed by atoms with E-state index in [0.717, 1.165) is 12.8 Å². The van der Waals surface area contributed by atoms with Crippen LogP contribution in [0.25, 0.3) is 0 Å². The molecule has 0 aromatic heterocycles. The van der Waals surface area contributed by atoms with Gasteiger partial charge < -0.3 is 28.4 Å². The van der Waals surface area contributed by atoms with Gasteiger partial charge in [-0.3, -0.25) is 18.6 Å². The second-order valence-corrected chi connectivity index (χ2v) is 8.83. The zero-order valence-corrected chi connectivity index (χ0v) is 17.4. The van der Waals surface area contributed by atoms with Crippen molar-refractivity contribution in [2.24, 2.45) is 0 Å². The first-order valence-electron chi connectivity index (χ1n) is 9.53. The summed E-state index contributed by atoms with van der Waals surface area (Å²) in [7, 11) is -1.54. The van der Waals surface area contributed by atoms with Gasteiger partial charge in [-0.1, -0.05) is 0 Å². The standard InChI is InChI=1S/C18H26O10S/c1-10(19)23-8-13-14(25-11(2)20)15(26-12(3)21)16-17(27-13)29(22)9-18(28-16)6-4-5-7-24-18/h13-17H,4-9H2,1-3H3/t13-,14-,15+,16-,17+,18?,29?/m1/s1. The lowest BCUT2D eigenvalue weighted by atomic mass is 9.98. The summed E-state index contributed by atoms with van der Waals surface area (Å²) < 4.78 is 46.7. The van der Waals surface area contributed by atoms with E-state index in [2.05, 4.69) is 0 Å². The quantitative estimate of drug-likeness (QED) is 0.447. The molecule has 7 atom stereocenters. The van der Waals surface area contributed by atoms with E-state index < -0.39 is 64.3 Å². The first-order valence-corrected chi connectivity index (χ1v) is 10.9. The van der Waals surface area contributed by atoms with E-state index in [-0.39, 0.29) is 12.4 Å². The molecule has 10 nitrogen and oxygen atoms in total. The van der Waals surface area contributed by atoms with Crippen molar-refractivity contribution in [2.45, 2.75) is 75.7 Å². The van der Waals surface area contributed by atoms with Crippen molar-refractivity contribution in [3.8, 4) is 0 Å². The molecule has 0 saturated carbocycles. The normalized spacial score (nSPS) is 39.3. The largest absolute Gasteiger partial charge is 0.463 e. The highest BCUT2D eigenvalue weighted by molar-refractivity contribution is 7.85. The smallest absolute Gasteiger partial charge is 0.303 e. The molecule has 164 valence electrons. The minimum atomic E-state index is -1.54. The Morgan fingerprint density at radius 2 is 1.72 bits per heavy atom. The third kappa shape index (κ3) is 5.14. The van der Waals surface area contributed by atoms with Gasteiger partial charge in [0.1, 0.15) is 18.8 Å². The molecule has 0 aromatic carbocycles. The van der Waals surface area contributed by atoms with Crippen molar-refractivity contribution >= 4 is 28.7 Å². The van der Waals surface area contributed by atoms with Crippen molar-refractivity contribution in [1.82, 2.24) is 0 Å². The molecule has 0 bridgehead atoms. The van der Waals surface area contributed by atoms with Crippen LogP contribution in [-0.2, 0) is 53.6 Å². The fourth-order valence-electron chi connectivity index (χ4n) is 3.82. The zero-order valence-electron chi connectivity index (χ0n) is 16.6. The first-order chi connectivity index (χ1) is 13.7. The van der Waals surface area contributed by atoms with Gasteiger partial charge in [0, 0.05) is 27.2 Å². The van der Waals surface area contributed by atoms with Gasteiger partial charge in [0.05, 0.1) is 23.2 Å². The van der Waals surface area contributed by atoms with Crippen molar-refractivity contribution in [1.29, 1.82) is 0 Å². The molecule has 3 rings (SSSR count). The average Bonchev–Trinajstić information content (AvgIpc) is 2.62. The van der Waals surface area contributed by atoms with Gasteiger partial charge in [0.15, 0.2) is 23.4 Å². The van der Waals surface area contributed by atoms with Crippen molar-refractivity contribution in [2.75, 3.05) is 19.0 Å². The molecular weight excluding hydrogens is 408 g/mol. The molecule has 11 heteroatoms. The van der Waals surface area contributed by atoms with E-state index in [4.69, 9.17) is 28.4 Å². The molecule has 3 aliphatic rings. The second-order valence-electron chi connectivity index (χ2n) is 7.32. The number of ether oxygens (including phenoxy) is 6. The maximum absolute atomic E-state index is 13.0. The molecular formula is C18H26O10S. The first kappa shape index (κ1) is 22.1. The topological polar surface area (TPSA) is 124 Å². The van der Waals surface area contributed by atoms with E-state index >= 15 is 0 Å². The number of carbonyl (C=O) groups excluding carboxylic acids is 3. The summed E-state index contributed by atoms with van der Waals surface area (Å²) in [6, 6.07) is 0. The van der Waals surface area contributed by atoms with Crippen LogP contribution < -0.4 is 0 Å². The molecule has 0 N–H and O–H groups in total. The Balaban J connectivity index is 1.92. The van der Waals surface area contributed by atoms with Crippen LogP contribution in [0.2, 0.25) is 0 Å².